The molecule has 2 aromatic rings. The van der Waals surface area contributed by atoms with Gasteiger partial charge < -0.3 is 15.4 Å². The first kappa shape index (κ1) is 18.8. The van der Waals surface area contributed by atoms with Gasteiger partial charge in [-0.3, -0.25) is 9.59 Å². The Bertz CT molecular complexity index is 780. The van der Waals surface area contributed by atoms with E-state index in [0.717, 1.165) is 5.56 Å². The fraction of sp³-hybridized carbons (Fsp3) is 0.263. The largest absolute Gasteiger partial charge is 0.495 e. The molecule has 0 aromatic heterocycles. The maximum atomic E-state index is 12.0. The summed E-state index contributed by atoms with van der Waals surface area (Å²) in [7, 11) is 1.50. The first-order valence-electron chi connectivity index (χ1n) is 7.77. The fourth-order valence-electron chi connectivity index (χ4n) is 2.17. The van der Waals surface area contributed by atoms with Gasteiger partial charge in [0.15, 0.2) is 0 Å². The topological polar surface area (TPSA) is 67.4 Å². The van der Waals surface area contributed by atoms with Gasteiger partial charge in [0.25, 0.3) is 0 Å². The summed E-state index contributed by atoms with van der Waals surface area (Å²) in [5.74, 6) is -1.04. The zero-order chi connectivity index (χ0) is 18.6. The van der Waals surface area contributed by atoms with Gasteiger partial charge in [0, 0.05) is 11.4 Å². The van der Waals surface area contributed by atoms with E-state index in [1.54, 1.807) is 24.3 Å². The van der Waals surface area contributed by atoms with Gasteiger partial charge in [-0.2, -0.15) is 0 Å². The number of benzene rings is 2. The van der Waals surface area contributed by atoms with Crippen LogP contribution >= 0.6 is 11.6 Å². The lowest BCUT2D eigenvalue weighted by Gasteiger charge is -2.19. The lowest BCUT2D eigenvalue weighted by atomic mass is 9.87. The number of hydrogen-bond donors (Lipinski definition) is 2. The summed E-state index contributed by atoms with van der Waals surface area (Å²) >= 11 is 6.00. The Balaban J connectivity index is 2.00. The van der Waals surface area contributed by atoms with Crippen LogP contribution in [-0.2, 0) is 15.0 Å². The molecule has 0 atom stereocenters. The van der Waals surface area contributed by atoms with E-state index in [2.05, 4.69) is 31.4 Å². The van der Waals surface area contributed by atoms with Crippen LogP contribution in [0.5, 0.6) is 5.75 Å². The maximum Gasteiger partial charge on any atom is 0.314 e. The molecule has 5 nitrogen and oxygen atoms in total. The maximum absolute atomic E-state index is 12.0. The standard InChI is InChI=1S/C19H21ClN2O3/c1-19(2,3)12-5-7-13(8-6-12)21-17(23)18(24)22-14-9-10-16(25-4)15(20)11-14/h5-11H,1-4H3,(H,21,23)(H,22,24). The van der Waals surface area contributed by atoms with Crippen molar-refractivity contribution in [1.29, 1.82) is 0 Å². The Hall–Kier alpha value is -2.53. The first-order valence-corrected chi connectivity index (χ1v) is 8.15. The second kappa shape index (κ2) is 7.57. The van der Waals surface area contributed by atoms with Crippen molar-refractivity contribution in [3.63, 3.8) is 0 Å². The van der Waals surface area contributed by atoms with Crippen LogP contribution in [0.4, 0.5) is 11.4 Å². The highest BCUT2D eigenvalue weighted by molar-refractivity contribution is 6.43. The SMILES string of the molecule is COc1ccc(NC(=O)C(=O)Nc2ccc(C(C)(C)C)cc2)cc1Cl. The van der Waals surface area contributed by atoms with E-state index in [-0.39, 0.29) is 5.41 Å². The van der Waals surface area contributed by atoms with Crippen LogP contribution in [-0.4, -0.2) is 18.9 Å². The molecule has 0 spiro atoms. The molecule has 25 heavy (non-hydrogen) atoms. The Morgan fingerprint density at radius 2 is 1.44 bits per heavy atom. The van der Waals surface area contributed by atoms with E-state index in [1.807, 2.05) is 12.1 Å². The van der Waals surface area contributed by atoms with Crippen LogP contribution < -0.4 is 15.4 Å². The molecule has 0 unspecified atom stereocenters. The molecule has 0 aliphatic carbocycles. The number of amides is 2. The van der Waals surface area contributed by atoms with Crippen LogP contribution in [0.3, 0.4) is 0 Å². The molecule has 0 heterocycles. The van der Waals surface area contributed by atoms with Crippen LogP contribution in [0.25, 0.3) is 0 Å². The first-order chi connectivity index (χ1) is 11.7. The average Bonchev–Trinajstić information content (AvgIpc) is 2.54. The zero-order valence-corrected chi connectivity index (χ0v) is 15.4. The molecule has 2 aromatic carbocycles. The quantitative estimate of drug-likeness (QED) is 0.805. The number of hydrogen-bond acceptors (Lipinski definition) is 3. The minimum atomic E-state index is -0.777. The number of ether oxygens (including phenoxy) is 1. The Labute approximate surface area is 152 Å². The number of carbonyl (C=O) groups is 2. The Kier molecular flexibility index (Phi) is 5.69. The highest BCUT2D eigenvalue weighted by Gasteiger charge is 2.16. The average molecular weight is 361 g/mol. The molecule has 0 aliphatic rings. The van der Waals surface area contributed by atoms with Gasteiger partial charge >= 0.3 is 11.8 Å². The molecule has 0 radical (unpaired) electrons. The summed E-state index contributed by atoms with van der Waals surface area (Å²) in [6.45, 7) is 6.32. The van der Waals surface area contributed by atoms with Gasteiger partial charge in [0.1, 0.15) is 5.75 Å². The predicted octanol–water partition coefficient (Wildman–Crippen LogP) is 4.22. The lowest BCUT2D eigenvalue weighted by Crippen LogP contribution is -2.29. The monoisotopic (exact) mass is 360 g/mol. The van der Waals surface area contributed by atoms with Crippen LogP contribution in [0.1, 0.15) is 26.3 Å². The summed E-state index contributed by atoms with van der Waals surface area (Å²) in [6, 6.07) is 12.1. The van der Waals surface area contributed by atoms with Crippen molar-refractivity contribution in [2.75, 3.05) is 17.7 Å². The molecule has 6 heteroatoms. The van der Waals surface area contributed by atoms with Gasteiger partial charge in [-0.15, -0.1) is 0 Å². The summed E-state index contributed by atoms with van der Waals surface area (Å²) in [4.78, 5) is 24.0. The van der Waals surface area contributed by atoms with Crippen molar-refractivity contribution in [1.82, 2.24) is 0 Å². The van der Waals surface area contributed by atoms with E-state index >= 15 is 0 Å². The minimum absolute atomic E-state index is 0.0214. The van der Waals surface area contributed by atoms with Crippen LogP contribution in [0.2, 0.25) is 5.02 Å². The molecule has 0 fully saturated rings. The molecule has 0 bridgehead atoms. The van der Waals surface area contributed by atoms with Crippen LogP contribution in [0, 0.1) is 0 Å². The molecule has 0 saturated carbocycles. The smallest absolute Gasteiger partial charge is 0.314 e. The zero-order valence-electron chi connectivity index (χ0n) is 14.6. The van der Waals surface area contributed by atoms with Gasteiger partial charge in [-0.1, -0.05) is 44.5 Å². The highest BCUT2D eigenvalue weighted by Crippen LogP contribution is 2.27. The predicted molar refractivity (Wildman–Crippen MR) is 100 cm³/mol. The second-order valence-corrected chi connectivity index (χ2v) is 6.99. The number of rotatable bonds is 3. The number of nitrogens with one attached hydrogen (secondary N) is 2. The van der Waals surface area contributed by atoms with E-state index in [0.29, 0.717) is 22.1 Å². The van der Waals surface area contributed by atoms with Crippen LogP contribution in [0.15, 0.2) is 42.5 Å². The van der Waals surface area contributed by atoms with Gasteiger partial charge in [0.2, 0.25) is 0 Å². The fourth-order valence-corrected chi connectivity index (χ4v) is 2.43. The number of halogens is 1. The van der Waals surface area contributed by atoms with Crippen molar-refractivity contribution in [3.05, 3.63) is 53.1 Å². The summed E-state index contributed by atoms with van der Waals surface area (Å²) in [5.41, 5.74) is 2.13. The van der Waals surface area contributed by atoms with E-state index in [9.17, 15) is 9.59 Å². The minimum Gasteiger partial charge on any atom is -0.495 e. The molecular weight excluding hydrogens is 340 g/mol. The molecule has 2 amide bonds. The Morgan fingerprint density at radius 3 is 1.92 bits per heavy atom. The summed E-state index contributed by atoms with van der Waals surface area (Å²) in [5, 5.41) is 5.41. The number of methoxy groups -OCH3 is 1. The van der Waals surface area contributed by atoms with E-state index in [1.165, 1.54) is 13.2 Å². The van der Waals surface area contributed by atoms with Gasteiger partial charge in [0.05, 0.1) is 12.1 Å². The van der Waals surface area contributed by atoms with Crippen molar-refractivity contribution < 1.29 is 14.3 Å². The normalized spacial score (nSPS) is 10.9. The van der Waals surface area contributed by atoms with Crippen molar-refractivity contribution in [2.24, 2.45) is 0 Å². The third-order valence-corrected chi connectivity index (χ3v) is 3.92. The Morgan fingerprint density at radius 1 is 0.920 bits per heavy atom. The summed E-state index contributed by atoms with van der Waals surface area (Å²) < 4.78 is 5.04. The number of anilines is 2. The van der Waals surface area contributed by atoms with E-state index < -0.39 is 11.8 Å². The van der Waals surface area contributed by atoms with Crippen molar-refractivity contribution >= 4 is 34.8 Å². The molecule has 0 aliphatic heterocycles. The second-order valence-electron chi connectivity index (χ2n) is 6.58. The van der Waals surface area contributed by atoms with E-state index in [4.69, 9.17) is 16.3 Å². The molecule has 2 N–H and O–H groups in total. The molecular formula is C19H21ClN2O3. The third-order valence-electron chi connectivity index (χ3n) is 3.62. The highest BCUT2D eigenvalue weighted by atomic mass is 35.5. The van der Waals surface area contributed by atoms with Gasteiger partial charge in [-0.25, -0.2) is 0 Å². The van der Waals surface area contributed by atoms with Gasteiger partial charge in [-0.05, 0) is 41.3 Å². The number of carbonyl (C=O) groups excluding carboxylic acids is 2. The molecule has 0 saturated heterocycles. The molecule has 2 rings (SSSR count). The molecule has 132 valence electrons. The summed E-state index contributed by atoms with van der Waals surface area (Å²) in [6.07, 6.45) is 0. The lowest BCUT2D eigenvalue weighted by molar-refractivity contribution is -0.132. The van der Waals surface area contributed by atoms with Crippen molar-refractivity contribution in [3.8, 4) is 5.75 Å². The third kappa shape index (κ3) is 4.97. The van der Waals surface area contributed by atoms with Crippen molar-refractivity contribution in [2.45, 2.75) is 26.2 Å².